The molecular weight excluding hydrogens is 316 g/mol. The van der Waals surface area contributed by atoms with E-state index in [1.54, 1.807) is 6.07 Å². The van der Waals surface area contributed by atoms with Crippen LogP contribution in [0.15, 0.2) is 46.9 Å². The number of fused-ring (bicyclic) bond motifs is 1. The molecule has 20 heavy (non-hydrogen) atoms. The number of nitrogens with zero attached hydrogens (tertiary/aromatic N) is 2. The van der Waals surface area contributed by atoms with E-state index in [1.807, 2.05) is 30.3 Å². The Labute approximate surface area is 126 Å². The molecule has 0 amide bonds. The van der Waals surface area contributed by atoms with Gasteiger partial charge >= 0.3 is 0 Å². The second-order valence-corrected chi connectivity index (χ2v) is 5.60. The van der Waals surface area contributed by atoms with Crippen molar-refractivity contribution < 1.29 is 5.11 Å². The van der Waals surface area contributed by atoms with E-state index in [4.69, 9.17) is 4.98 Å². The van der Waals surface area contributed by atoms with Crippen LogP contribution in [0.2, 0.25) is 0 Å². The Kier molecular flexibility index (Phi) is 3.49. The Morgan fingerprint density at radius 1 is 1.20 bits per heavy atom. The summed E-state index contributed by atoms with van der Waals surface area (Å²) in [5.41, 5.74) is 3.04. The molecule has 3 rings (SSSR count). The quantitative estimate of drug-likeness (QED) is 0.763. The number of rotatable bonds is 3. The highest BCUT2D eigenvalue weighted by Gasteiger charge is 2.12. The molecule has 1 aromatic heterocycles. The molecule has 1 N–H and O–H groups in total. The zero-order valence-electron chi connectivity index (χ0n) is 11.2. The third-order valence-electron chi connectivity index (χ3n) is 3.31. The van der Waals surface area contributed by atoms with Gasteiger partial charge in [0.25, 0.3) is 0 Å². The van der Waals surface area contributed by atoms with Crippen LogP contribution in [0.4, 0.5) is 0 Å². The molecule has 0 radical (unpaired) electrons. The van der Waals surface area contributed by atoms with Gasteiger partial charge in [0.15, 0.2) is 0 Å². The zero-order valence-corrected chi connectivity index (χ0v) is 12.8. The molecule has 0 bridgehead atoms. The van der Waals surface area contributed by atoms with Crippen LogP contribution in [0.3, 0.4) is 0 Å². The number of halogens is 1. The maximum Gasteiger partial charge on any atom is 0.141 e. The fourth-order valence-electron chi connectivity index (χ4n) is 2.40. The van der Waals surface area contributed by atoms with Gasteiger partial charge in [0.05, 0.1) is 15.5 Å². The normalized spacial score (nSPS) is 11.1. The molecule has 0 atom stereocenters. The van der Waals surface area contributed by atoms with Gasteiger partial charge in [-0.3, -0.25) is 0 Å². The van der Waals surface area contributed by atoms with Crippen molar-refractivity contribution in [3.63, 3.8) is 0 Å². The van der Waals surface area contributed by atoms with Crippen molar-refractivity contribution in [2.45, 2.75) is 19.9 Å². The van der Waals surface area contributed by atoms with Crippen molar-refractivity contribution in [2.24, 2.45) is 0 Å². The predicted octanol–water partition coefficient (Wildman–Crippen LogP) is 4.58. The van der Waals surface area contributed by atoms with Gasteiger partial charge in [0.1, 0.15) is 11.6 Å². The van der Waals surface area contributed by atoms with E-state index in [9.17, 15) is 5.11 Å². The van der Waals surface area contributed by atoms with E-state index in [0.717, 1.165) is 35.4 Å². The Hall–Kier alpha value is -1.81. The summed E-state index contributed by atoms with van der Waals surface area (Å²) in [7, 11) is 0. The minimum Gasteiger partial charge on any atom is -0.507 e. The fourth-order valence-corrected chi connectivity index (χ4v) is 2.64. The van der Waals surface area contributed by atoms with Gasteiger partial charge < -0.3 is 9.67 Å². The lowest BCUT2D eigenvalue weighted by molar-refractivity contribution is 0.472. The molecule has 2 aromatic carbocycles. The number of aryl methyl sites for hydroxylation is 1. The first kappa shape index (κ1) is 13.2. The molecule has 1 heterocycles. The van der Waals surface area contributed by atoms with Gasteiger partial charge in [-0.25, -0.2) is 4.98 Å². The first-order chi connectivity index (χ1) is 9.70. The summed E-state index contributed by atoms with van der Waals surface area (Å²) in [6.07, 6.45) is 1.04. The predicted molar refractivity (Wildman–Crippen MR) is 84.8 cm³/mol. The van der Waals surface area contributed by atoms with Crippen molar-refractivity contribution in [3.05, 3.63) is 46.9 Å². The molecule has 0 fully saturated rings. The van der Waals surface area contributed by atoms with Crippen LogP contribution in [0.1, 0.15) is 13.3 Å². The molecule has 0 aliphatic carbocycles. The number of phenols is 1. The van der Waals surface area contributed by atoms with Gasteiger partial charge in [-0.15, -0.1) is 0 Å². The maximum atomic E-state index is 9.87. The third-order valence-corrected chi connectivity index (χ3v) is 3.98. The summed E-state index contributed by atoms with van der Waals surface area (Å²) in [6, 6.07) is 13.7. The van der Waals surface area contributed by atoms with Crippen LogP contribution in [0, 0.1) is 0 Å². The molecule has 3 nitrogen and oxygen atoms in total. The average molecular weight is 331 g/mol. The highest BCUT2D eigenvalue weighted by Crippen LogP contribution is 2.31. The van der Waals surface area contributed by atoms with Crippen molar-refractivity contribution in [2.75, 3.05) is 0 Å². The van der Waals surface area contributed by atoms with E-state index in [2.05, 4.69) is 33.5 Å². The number of phenolic OH excluding ortho intramolecular Hbond substituents is 1. The van der Waals surface area contributed by atoms with Crippen molar-refractivity contribution in [1.29, 1.82) is 0 Å². The first-order valence-corrected chi connectivity index (χ1v) is 7.44. The molecule has 102 valence electrons. The van der Waals surface area contributed by atoms with Crippen LogP contribution >= 0.6 is 15.9 Å². The lowest BCUT2D eigenvalue weighted by Crippen LogP contribution is -1.99. The summed E-state index contributed by atoms with van der Waals surface area (Å²) in [4.78, 5) is 4.71. The molecule has 0 aliphatic rings. The van der Waals surface area contributed by atoms with Crippen LogP contribution in [-0.2, 0) is 6.54 Å². The van der Waals surface area contributed by atoms with E-state index in [1.165, 1.54) is 0 Å². The number of imidazole rings is 1. The van der Waals surface area contributed by atoms with E-state index < -0.39 is 0 Å². The molecule has 0 aliphatic heterocycles. The Morgan fingerprint density at radius 3 is 2.75 bits per heavy atom. The van der Waals surface area contributed by atoms with Crippen molar-refractivity contribution >= 4 is 27.0 Å². The Bertz CT molecular complexity index is 764. The second-order valence-electron chi connectivity index (χ2n) is 4.74. The molecule has 4 heteroatoms. The van der Waals surface area contributed by atoms with Gasteiger partial charge in [-0.05, 0) is 52.7 Å². The zero-order chi connectivity index (χ0) is 14.1. The van der Waals surface area contributed by atoms with Gasteiger partial charge in [0.2, 0.25) is 0 Å². The summed E-state index contributed by atoms with van der Waals surface area (Å²) < 4.78 is 2.90. The molecule has 3 aromatic rings. The molecular formula is C16H15BrN2O. The monoisotopic (exact) mass is 330 g/mol. The van der Waals surface area contributed by atoms with Gasteiger partial charge in [-0.2, -0.15) is 0 Å². The summed E-state index contributed by atoms with van der Waals surface area (Å²) in [6.45, 7) is 3.06. The number of hydrogen-bond acceptors (Lipinski definition) is 2. The number of hydrogen-bond donors (Lipinski definition) is 1. The van der Waals surface area contributed by atoms with Gasteiger partial charge in [0, 0.05) is 12.1 Å². The standard InChI is InChI=1S/C16H15BrN2O/c1-2-9-19-14-6-4-3-5-13(14)18-16(19)11-7-8-12(17)15(20)10-11/h3-8,10,20H,2,9H2,1H3. The van der Waals surface area contributed by atoms with Crippen LogP contribution in [0.5, 0.6) is 5.75 Å². The summed E-state index contributed by atoms with van der Waals surface area (Å²) in [5.74, 6) is 1.13. The number of benzene rings is 2. The van der Waals surface area contributed by atoms with Crippen molar-refractivity contribution in [3.8, 4) is 17.1 Å². The fraction of sp³-hybridized carbons (Fsp3) is 0.188. The minimum atomic E-state index is 0.234. The molecule has 0 spiro atoms. The van der Waals surface area contributed by atoms with E-state index in [-0.39, 0.29) is 5.75 Å². The third kappa shape index (κ3) is 2.20. The molecule has 0 saturated heterocycles. The number of para-hydroxylation sites is 2. The van der Waals surface area contributed by atoms with Gasteiger partial charge in [-0.1, -0.05) is 19.1 Å². The minimum absolute atomic E-state index is 0.234. The molecule has 0 unspecified atom stereocenters. The lowest BCUT2D eigenvalue weighted by Gasteiger charge is -2.08. The smallest absolute Gasteiger partial charge is 0.141 e. The Morgan fingerprint density at radius 2 is 2.00 bits per heavy atom. The first-order valence-electron chi connectivity index (χ1n) is 6.65. The van der Waals surface area contributed by atoms with Crippen LogP contribution in [-0.4, -0.2) is 14.7 Å². The van der Waals surface area contributed by atoms with Crippen LogP contribution < -0.4 is 0 Å². The topological polar surface area (TPSA) is 38.0 Å². The van der Waals surface area contributed by atoms with E-state index >= 15 is 0 Å². The lowest BCUT2D eigenvalue weighted by atomic mass is 10.2. The largest absolute Gasteiger partial charge is 0.507 e. The molecule has 0 saturated carbocycles. The number of aromatic hydroxyl groups is 1. The second kappa shape index (κ2) is 5.29. The summed E-state index contributed by atoms with van der Waals surface area (Å²) >= 11 is 3.31. The SMILES string of the molecule is CCCn1c(-c2ccc(Br)c(O)c2)nc2ccccc21. The van der Waals surface area contributed by atoms with Crippen molar-refractivity contribution in [1.82, 2.24) is 9.55 Å². The average Bonchev–Trinajstić information content (AvgIpc) is 2.82. The van der Waals surface area contributed by atoms with Crippen LogP contribution in [0.25, 0.3) is 22.4 Å². The summed E-state index contributed by atoms with van der Waals surface area (Å²) in [5, 5.41) is 9.87. The highest BCUT2D eigenvalue weighted by molar-refractivity contribution is 9.10. The maximum absolute atomic E-state index is 9.87. The highest BCUT2D eigenvalue weighted by atomic mass is 79.9. The number of aromatic nitrogens is 2. The van der Waals surface area contributed by atoms with E-state index in [0.29, 0.717) is 4.47 Å². The Balaban J connectivity index is 2.23.